The fraction of sp³-hybridized carbons (Fsp3) is 0.250. The van der Waals surface area contributed by atoms with Gasteiger partial charge in [0, 0.05) is 11.7 Å². The molecular formula is C12H11ClN4. The molecule has 1 aromatic heterocycles. The van der Waals surface area contributed by atoms with E-state index in [1.54, 1.807) is 6.20 Å². The van der Waals surface area contributed by atoms with E-state index in [0.717, 1.165) is 12.2 Å². The maximum atomic E-state index is 5.79. The minimum Gasteiger partial charge on any atom is -0.322 e. The molecule has 86 valence electrons. The molecule has 0 amide bonds. The third-order valence-corrected chi connectivity index (χ3v) is 3.13. The van der Waals surface area contributed by atoms with Gasteiger partial charge < -0.3 is 4.90 Å². The van der Waals surface area contributed by atoms with Gasteiger partial charge in [0.2, 0.25) is 5.28 Å². The monoisotopic (exact) mass is 246 g/mol. The lowest BCUT2D eigenvalue weighted by Gasteiger charge is -2.22. The Morgan fingerprint density at radius 1 is 1.35 bits per heavy atom. The molecule has 0 aliphatic carbocycles. The summed E-state index contributed by atoms with van der Waals surface area (Å²) in [7, 11) is 0. The van der Waals surface area contributed by atoms with Gasteiger partial charge in [0.05, 0.1) is 6.20 Å². The average Bonchev–Trinajstić information content (AvgIpc) is 2.64. The normalized spacial score (nSPS) is 18.2. The molecule has 0 bridgehead atoms. The summed E-state index contributed by atoms with van der Waals surface area (Å²) < 4.78 is 0. The van der Waals surface area contributed by atoms with Gasteiger partial charge in [-0.25, -0.2) is 0 Å². The van der Waals surface area contributed by atoms with Crippen molar-refractivity contribution in [2.24, 2.45) is 0 Å². The standard InChI is InChI=1S/C12H11ClN4/c1-8-6-9-4-2-3-5-10(9)17(8)11-7-14-16-12(13)15-11/h2-5,7-8H,6H2,1H3. The maximum absolute atomic E-state index is 5.79. The van der Waals surface area contributed by atoms with E-state index in [0.29, 0.717) is 6.04 Å². The van der Waals surface area contributed by atoms with Crippen molar-refractivity contribution in [3.8, 4) is 0 Å². The van der Waals surface area contributed by atoms with Crippen molar-refractivity contribution in [1.29, 1.82) is 0 Å². The molecular weight excluding hydrogens is 236 g/mol. The molecule has 0 fully saturated rings. The topological polar surface area (TPSA) is 41.9 Å². The van der Waals surface area contributed by atoms with E-state index in [1.165, 1.54) is 11.3 Å². The van der Waals surface area contributed by atoms with Crippen LogP contribution in [0.1, 0.15) is 12.5 Å². The second-order valence-electron chi connectivity index (χ2n) is 4.14. The Balaban J connectivity index is 2.09. The summed E-state index contributed by atoms with van der Waals surface area (Å²) in [6, 6.07) is 8.68. The van der Waals surface area contributed by atoms with Crippen LogP contribution in [0.4, 0.5) is 11.5 Å². The van der Waals surface area contributed by atoms with E-state index in [-0.39, 0.29) is 5.28 Å². The first kappa shape index (κ1) is 10.5. The first-order valence-corrected chi connectivity index (χ1v) is 5.86. The molecule has 1 atom stereocenters. The Morgan fingerprint density at radius 2 is 2.18 bits per heavy atom. The molecule has 3 rings (SSSR count). The quantitative estimate of drug-likeness (QED) is 0.776. The summed E-state index contributed by atoms with van der Waals surface area (Å²) in [5.74, 6) is 0.752. The SMILES string of the molecule is CC1Cc2ccccc2N1c1cnnc(Cl)n1. The Hall–Kier alpha value is -1.68. The van der Waals surface area contributed by atoms with Gasteiger partial charge in [0.1, 0.15) is 0 Å². The molecule has 2 heterocycles. The second-order valence-corrected chi connectivity index (χ2v) is 4.47. The first-order valence-electron chi connectivity index (χ1n) is 5.48. The third kappa shape index (κ3) is 1.74. The smallest absolute Gasteiger partial charge is 0.244 e. The third-order valence-electron chi connectivity index (χ3n) is 2.97. The molecule has 5 heteroatoms. The van der Waals surface area contributed by atoms with Crippen molar-refractivity contribution in [2.45, 2.75) is 19.4 Å². The number of aromatic nitrogens is 3. The number of anilines is 2. The predicted molar refractivity (Wildman–Crippen MR) is 66.6 cm³/mol. The van der Waals surface area contributed by atoms with Crippen LogP contribution in [0, 0.1) is 0 Å². The van der Waals surface area contributed by atoms with Crippen LogP contribution in [-0.2, 0) is 6.42 Å². The summed E-state index contributed by atoms with van der Waals surface area (Å²) in [5, 5.41) is 7.70. The number of benzene rings is 1. The number of nitrogens with zero attached hydrogens (tertiary/aromatic N) is 4. The molecule has 1 unspecified atom stereocenters. The van der Waals surface area contributed by atoms with Crippen LogP contribution in [-0.4, -0.2) is 21.2 Å². The molecule has 0 saturated heterocycles. The lowest BCUT2D eigenvalue weighted by molar-refractivity contribution is 0.744. The predicted octanol–water partition coefficient (Wildman–Crippen LogP) is 2.61. The Bertz CT molecular complexity index is 558. The molecule has 1 aromatic carbocycles. The highest BCUT2D eigenvalue weighted by atomic mass is 35.5. The van der Waals surface area contributed by atoms with Crippen LogP contribution in [0.3, 0.4) is 0 Å². The molecule has 1 aliphatic heterocycles. The number of para-hydroxylation sites is 1. The van der Waals surface area contributed by atoms with Crippen LogP contribution in [0.15, 0.2) is 30.5 Å². The van der Waals surface area contributed by atoms with Crippen molar-refractivity contribution in [3.05, 3.63) is 41.3 Å². The highest BCUT2D eigenvalue weighted by molar-refractivity contribution is 6.28. The summed E-state index contributed by atoms with van der Waals surface area (Å²) in [5.41, 5.74) is 2.51. The van der Waals surface area contributed by atoms with Crippen LogP contribution >= 0.6 is 11.6 Å². The number of fused-ring (bicyclic) bond motifs is 1. The van der Waals surface area contributed by atoms with Crippen molar-refractivity contribution in [1.82, 2.24) is 15.2 Å². The molecule has 0 radical (unpaired) electrons. The Morgan fingerprint density at radius 3 is 3.00 bits per heavy atom. The van der Waals surface area contributed by atoms with Crippen LogP contribution in [0.2, 0.25) is 5.28 Å². The fourth-order valence-corrected chi connectivity index (χ4v) is 2.43. The van der Waals surface area contributed by atoms with E-state index >= 15 is 0 Å². The minimum atomic E-state index is 0.180. The van der Waals surface area contributed by atoms with Gasteiger partial charge in [-0.1, -0.05) is 18.2 Å². The zero-order chi connectivity index (χ0) is 11.8. The molecule has 2 aromatic rings. The average molecular weight is 247 g/mol. The lowest BCUT2D eigenvalue weighted by Crippen LogP contribution is -2.25. The van der Waals surface area contributed by atoms with E-state index in [2.05, 4.69) is 45.2 Å². The van der Waals surface area contributed by atoms with Gasteiger partial charge in [-0.3, -0.25) is 0 Å². The highest BCUT2D eigenvalue weighted by Gasteiger charge is 2.27. The minimum absolute atomic E-state index is 0.180. The summed E-state index contributed by atoms with van der Waals surface area (Å²) >= 11 is 5.79. The van der Waals surface area contributed by atoms with Crippen molar-refractivity contribution in [2.75, 3.05) is 4.90 Å². The fourth-order valence-electron chi connectivity index (χ4n) is 2.30. The Kier molecular flexibility index (Phi) is 2.44. The van der Waals surface area contributed by atoms with Crippen molar-refractivity contribution >= 4 is 23.1 Å². The molecule has 0 N–H and O–H groups in total. The Labute approximate surface area is 104 Å². The summed E-state index contributed by atoms with van der Waals surface area (Å²) in [4.78, 5) is 6.37. The van der Waals surface area contributed by atoms with E-state index in [9.17, 15) is 0 Å². The van der Waals surface area contributed by atoms with Crippen molar-refractivity contribution < 1.29 is 0 Å². The van der Waals surface area contributed by atoms with Crippen molar-refractivity contribution in [3.63, 3.8) is 0 Å². The van der Waals surface area contributed by atoms with E-state index in [1.807, 2.05) is 6.07 Å². The van der Waals surface area contributed by atoms with Gasteiger partial charge in [0.25, 0.3) is 0 Å². The molecule has 0 spiro atoms. The summed E-state index contributed by atoms with van der Waals surface area (Å²) in [6.07, 6.45) is 2.66. The van der Waals surface area contributed by atoms with Crippen LogP contribution < -0.4 is 4.90 Å². The second kappa shape index (κ2) is 3.96. The van der Waals surface area contributed by atoms with Crippen LogP contribution in [0.25, 0.3) is 0 Å². The van der Waals surface area contributed by atoms with Gasteiger partial charge >= 0.3 is 0 Å². The number of hydrogen-bond donors (Lipinski definition) is 0. The van der Waals surface area contributed by atoms with Gasteiger partial charge in [0.15, 0.2) is 5.82 Å². The number of rotatable bonds is 1. The zero-order valence-electron chi connectivity index (χ0n) is 9.34. The van der Waals surface area contributed by atoms with Gasteiger partial charge in [-0.2, -0.15) is 10.1 Å². The summed E-state index contributed by atoms with van der Waals surface area (Å²) in [6.45, 7) is 2.16. The molecule has 17 heavy (non-hydrogen) atoms. The first-order chi connectivity index (χ1) is 8.25. The highest BCUT2D eigenvalue weighted by Crippen LogP contribution is 2.36. The largest absolute Gasteiger partial charge is 0.322 e. The van der Waals surface area contributed by atoms with Gasteiger partial charge in [-0.05, 0) is 36.6 Å². The maximum Gasteiger partial charge on any atom is 0.244 e. The number of hydrogen-bond acceptors (Lipinski definition) is 4. The van der Waals surface area contributed by atoms with Crippen LogP contribution in [0.5, 0.6) is 0 Å². The molecule has 1 aliphatic rings. The molecule has 0 saturated carbocycles. The zero-order valence-corrected chi connectivity index (χ0v) is 10.1. The number of halogens is 1. The lowest BCUT2D eigenvalue weighted by atomic mass is 10.1. The van der Waals surface area contributed by atoms with Gasteiger partial charge in [-0.15, -0.1) is 5.10 Å². The van der Waals surface area contributed by atoms with E-state index in [4.69, 9.17) is 11.6 Å². The molecule has 4 nitrogen and oxygen atoms in total. The van der Waals surface area contributed by atoms with E-state index < -0.39 is 0 Å².